The molecule has 1 heterocycles. The maximum atomic E-state index is 15.1. The Morgan fingerprint density at radius 1 is 1.11 bits per heavy atom. The van der Waals surface area contributed by atoms with Crippen LogP contribution in [0.25, 0.3) is 0 Å². The van der Waals surface area contributed by atoms with Crippen molar-refractivity contribution in [2.45, 2.75) is 50.1 Å². The molecule has 1 nitrogen and oxygen atoms in total. The first kappa shape index (κ1) is 12.2. The van der Waals surface area contributed by atoms with Gasteiger partial charge < -0.3 is 5.32 Å². The Balaban J connectivity index is 1.85. The summed E-state index contributed by atoms with van der Waals surface area (Å²) in [5.74, 6) is 0.692. The summed E-state index contributed by atoms with van der Waals surface area (Å²) in [6.45, 7) is 1.75. The van der Waals surface area contributed by atoms with Gasteiger partial charge in [0.25, 0.3) is 0 Å². The highest BCUT2D eigenvalue weighted by atomic mass is 19.1. The fourth-order valence-corrected chi connectivity index (χ4v) is 3.13. The van der Waals surface area contributed by atoms with E-state index < -0.39 is 5.67 Å². The van der Waals surface area contributed by atoms with Crippen molar-refractivity contribution in [1.82, 2.24) is 5.32 Å². The molecule has 1 aliphatic carbocycles. The van der Waals surface area contributed by atoms with Crippen LogP contribution in [0.15, 0.2) is 24.3 Å². The number of alkyl halides is 1. The Bertz CT molecular complexity index is 403. The second kappa shape index (κ2) is 5.00. The minimum atomic E-state index is -1.11. The predicted molar refractivity (Wildman–Crippen MR) is 72.5 cm³/mol. The van der Waals surface area contributed by atoms with E-state index in [0.717, 1.165) is 25.1 Å². The van der Waals surface area contributed by atoms with Crippen LogP contribution in [0.5, 0.6) is 0 Å². The third-order valence-electron chi connectivity index (χ3n) is 4.61. The summed E-state index contributed by atoms with van der Waals surface area (Å²) in [6, 6.07) is 8.33. The van der Waals surface area contributed by atoms with Crippen molar-refractivity contribution in [1.29, 1.82) is 0 Å². The molecule has 98 valence electrons. The minimum absolute atomic E-state index is 0.612. The summed E-state index contributed by atoms with van der Waals surface area (Å²) < 4.78 is 15.1. The van der Waals surface area contributed by atoms with E-state index in [-0.39, 0.29) is 0 Å². The van der Waals surface area contributed by atoms with Crippen LogP contribution in [-0.2, 0) is 5.67 Å². The van der Waals surface area contributed by atoms with Gasteiger partial charge in [-0.3, -0.25) is 0 Å². The van der Waals surface area contributed by atoms with Crippen LogP contribution < -0.4 is 5.32 Å². The molecular weight excluding hydrogens is 225 g/mol. The number of halogens is 1. The molecule has 0 aromatic heterocycles. The van der Waals surface area contributed by atoms with E-state index in [4.69, 9.17) is 0 Å². The normalized spacial score (nSPS) is 29.6. The van der Waals surface area contributed by atoms with Crippen molar-refractivity contribution < 1.29 is 4.39 Å². The van der Waals surface area contributed by atoms with Crippen molar-refractivity contribution in [3.8, 4) is 0 Å². The van der Waals surface area contributed by atoms with Crippen LogP contribution in [0, 0.1) is 0 Å². The molecule has 2 fully saturated rings. The molecule has 1 aromatic rings. The fraction of sp³-hybridized carbons (Fsp3) is 0.625. The molecule has 1 saturated heterocycles. The van der Waals surface area contributed by atoms with Crippen molar-refractivity contribution in [3.05, 3.63) is 35.4 Å². The zero-order valence-corrected chi connectivity index (χ0v) is 10.9. The lowest BCUT2D eigenvalue weighted by atomic mass is 9.78. The van der Waals surface area contributed by atoms with Crippen molar-refractivity contribution in [3.63, 3.8) is 0 Å². The summed E-state index contributed by atoms with van der Waals surface area (Å²) in [5.41, 5.74) is 1.16. The number of benzene rings is 1. The molecule has 0 amide bonds. The topological polar surface area (TPSA) is 12.0 Å². The Hall–Kier alpha value is -0.890. The highest BCUT2D eigenvalue weighted by molar-refractivity contribution is 5.31. The number of rotatable bonds is 2. The lowest BCUT2D eigenvalue weighted by molar-refractivity contribution is 0.144. The summed E-state index contributed by atoms with van der Waals surface area (Å²) in [4.78, 5) is 0. The molecule has 1 atom stereocenters. The zero-order chi connectivity index (χ0) is 12.4. The third-order valence-corrected chi connectivity index (χ3v) is 4.61. The molecule has 2 heteroatoms. The first-order valence-electron chi connectivity index (χ1n) is 7.28. The van der Waals surface area contributed by atoms with Crippen molar-refractivity contribution >= 4 is 0 Å². The van der Waals surface area contributed by atoms with Crippen LogP contribution in [-0.4, -0.2) is 13.1 Å². The Morgan fingerprint density at radius 3 is 2.78 bits per heavy atom. The van der Waals surface area contributed by atoms with Gasteiger partial charge in [0, 0.05) is 0 Å². The van der Waals surface area contributed by atoms with Crippen LogP contribution >= 0.6 is 0 Å². The fourth-order valence-electron chi connectivity index (χ4n) is 3.13. The van der Waals surface area contributed by atoms with Crippen LogP contribution in [0.4, 0.5) is 4.39 Å². The maximum Gasteiger partial charge on any atom is 0.137 e. The second-order valence-corrected chi connectivity index (χ2v) is 5.82. The van der Waals surface area contributed by atoms with E-state index in [1.165, 1.54) is 24.8 Å². The molecule has 1 unspecified atom stereocenters. The van der Waals surface area contributed by atoms with Gasteiger partial charge in [0.05, 0.1) is 0 Å². The van der Waals surface area contributed by atoms with Gasteiger partial charge in [-0.05, 0) is 62.2 Å². The molecule has 18 heavy (non-hydrogen) atoms. The Morgan fingerprint density at radius 2 is 2.00 bits per heavy atom. The van der Waals surface area contributed by atoms with E-state index in [1.807, 2.05) is 12.1 Å². The molecule has 0 radical (unpaired) electrons. The third kappa shape index (κ3) is 2.31. The molecule has 1 N–H and O–H groups in total. The average molecular weight is 247 g/mol. The summed E-state index contributed by atoms with van der Waals surface area (Å²) in [6.07, 6.45) is 6.10. The molecule has 1 aliphatic heterocycles. The van der Waals surface area contributed by atoms with E-state index in [9.17, 15) is 0 Å². The van der Waals surface area contributed by atoms with E-state index in [1.54, 1.807) is 0 Å². The van der Waals surface area contributed by atoms with E-state index in [2.05, 4.69) is 17.4 Å². The van der Waals surface area contributed by atoms with Gasteiger partial charge in [-0.1, -0.05) is 30.7 Å². The predicted octanol–water partition coefficient (Wildman–Crippen LogP) is 3.89. The SMILES string of the molecule is FC1(c2cccc(C3CCC3)c2)CCCNCC1. The van der Waals surface area contributed by atoms with E-state index in [0.29, 0.717) is 18.8 Å². The second-order valence-electron chi connectivity index (χ2n) is 5.82. The summed E-state index contributed by atoms with van der Waals surface area (Å²) in [7, 11) is 0. The van der Waals surface area contributed by atoms with Crippen LogP contribution in [0.2, 0.25) is 0 Å². The van der Waals surface area contributed by atoms with Gasteiger partial charge in [-0.15, -0.1) is 0 Å². The first-order chi connectivity index (χ1) is 8.78. The zero-order valence-electron chi connectivity index (χ0n) is 10.9. The van der Waals surface area contributed by atoms with Gasteiger partial charge in [0.1, 0.15) is 5.67 Å². The van der Waals surface area contributed by atoms with Gasteiger partial charge in [-0.25, -0.2) is 4.39 Å². The van der Waals surface area contributed by atoms with Crippen LogP contribution in [0.1, 0.15) is 55.6 Å². The highest BCUT2D eigenvalue weighted by Crippen LogP contribution is 2.40. The van der Waals surface area contributed by atoms with Crippen molar-refractivity contribution in [2.24, 2.45) is 0 Å². The minimum Gasteiger partial charge on any atom is -0.317 e. The maximum absolute atomic E-state index is 15.1. The Kier molecular flexibility index (Phi) is 3.38. The molecule has 1 aromatic carbocycles. The van der Waals surface area contributed by atoms with Gasteiger partial charge >= 0.3 is 0 Å². The average Bonchev–Trinajstić information content (AvgIpc) is 2.53. The van der Waals surface area contributed by atoms with Crippen molar-refractivity contribution in [2.75, 3.05) is 13.1 Å². The number of nitrogens with one attached hydrogen (secondary N) is 1. The molecule has 1 saturated carbocycles. The highest BCUT2D eigenvalue weighted by Gasteiger charge is 2.33. The summed E-state index contributed by atoms with van der Waals surface area (Å²) >= 11 is 0. The lowest BCUT2D eigenvalue weighted by Gasteiger charge is -2.29. The lowest BCUT2D eigenvalue weighted by Crippen LogP contribution is -2.23. The molecule has 0 bridgehead atoms. The Labute approximate surface area is 109 Å². The largest absolute Gasteiger partial charge is 0.317 e. The monoisotopic (exact) mass is 247 g/mol. The molecule has 3 rings (SSSR count). The molecule has 2 aliphatic rings. The smallest absolute Gasteiger partial charge is 0.137 e. The van der Waals surface area contributed by atoms with E-state index >= 15 is 4.39 Å². The number of hydrogen-bond donors (Lipinski definition) is 1. The standard InChI is InChI=1S/C16H22FN/c17-16(8-3-10-18-11-9-16)15-7-2-6-14(12-15)13-4-1-5-13/h2,6-7,12-13,18H,1,3-5,8-11H2. The van der Waals surface area contributed by atoms with Gasteiger partial charge in [0.2, 0.25) is 0 Å². The summed E-state index contributed by atoms with van der Waals surface area (Å²) in [5, 5.41) is 3.29. The van der Waals surface area contributed by atoms with Gasteiger partial charge in [-0.2, -0.15) is 0 Å². The first-order valence-corrected chi connectivity index (χ1v) is 7.28. The van der Waals surface area contributed by atoms with Gasteiger partial charge in [0.15, 0.2) is 0 Å². The van der Waals surface area contributed by atoms with Crippen LogP contribution in [0.3, 0.4) is 0 Å². The number of hydrogen-bond acceptors (Lipinski definition) is 1. The molecule has 0 spiro atoms. The molecular formula is C16H22FN. The quantitative estimate of drug-likeness (QED) is 0.836.